The van der Waals surface area contributed by atoms with Crippen LogP contribution in [0.1, 0.15) is 109 Å². The van der Waals surface area contributed by atoms with Crippen LogP contribution in [0.3, 0.4) is 0 Å². The molecule has 6 N–H and O–H groups in total. The van der Waals surface area contributed by atoms with Crippen molar-refractivity contribution < 1.29 is 64.2 Å². The maximum Gasteiger partial charge on any atom is 0.329 e. The minimum atomic E-state index is -4.27. The number of rotatable bonds is 23. The Morgan fingerprint density at radius 1 is 0.639 bits per heavy atom. The standard InChI is InChI=1S/C52H74N4O14S2/c1-33(19-15-21-35(3)23-25-41-37(5)45(57)43(31-51(41,9)10)69-47(59)39(7)55-49(61)53-27-29-71(63,64)65)17-13-14-18-34(2)20-16-22-36(4)24-26-42-38(6)46(58)44(32-52(42,11)12)70-48(60)40(8)56-50(62)54-28-30-72(66,67)68/h13-23,25,39-40,43-44H,24,26-32H2,1-12H3,(H2,53,55,61)(H2,54,56,62)(H,63,64,65)(H,66,67,68). The molecule has 20 heteroatoms. The van der Waals surface area contributed by atoms with Crippen LogP contribution in [0.5, 0.6) is 0 Å². The number of allylic oxidation sites excluding steroid dienone is 18. The normalized spacial score (nSPS) is 20.4. The monoisotopic (exact) mass is 1040 g/mol. The van der Waals surface area contributed by atoms with E-state index in [0.717, 1.165) is 39.9 Å². The molecule has 0 aliphatic heterocycles. The van der Waals surface area contributed by atoms with Gasteiger partial charge in [-0.1, -0.05) is 128 Å². The molecule has 18 nitrogen and oxygen atoms in total. The maximum absolute atomic E-state index is 13.3. The molecule has 0 radical (unpaired) electrons. The lowest BCUT2D eigenvalue weighted by molar-refractivity contribution is -0.157. The van der Waals surface area contributed by atoms with E-state index in [4.69, 9.17) is 18.6 Å². The van der Waals surface area contributed by atoms with Gasteiger partial charge in [-0.05, 0) is 95.8 Å². The minimum absolute atomic E-state index is 0.225. The highest BCUT2D eigenvalue weighted by atomic mass is 32.2. The summed E-state index contributed by atoms with van der Waals surface area (Å²) < 4.78 is 72.1. The quantitative estimate of drug-likeness (QED) is 0.0331. The third-order valence-corrected chi connectivity index (χ3v) is 13.3. The van der Waals surface area contributed by atoms with Crippen molar-refractivity contribution in [3.8, 4) is 0 Å². The van der Waals surface area contributed by atoms with Crippen molar-refractivity contribution in [1.29, 1.82) is 0 Å². The largest absolute Gasteiger partial charge is 0.452 e. The Morgan fingerprint density at radius 3 is 1.50 bits per heavy atom. The van der Waals surface area contributed by atoms with Gasteiger partial charge in [-0.25, -0.2) is 19.2 Å². The molecule has 4 unspecified atom stereocenters. The third kappa shape index (κ3) is 22.2. The summed E-state index contributed by atoms with van der Waals surface area (Å²) in [5.74, 6) is -3.64. The molecule has 0 saturated carbocycles. The average Bonchev–Trinajstić information content (AvgIpc) is 3.24. The number of carbonyl (C=O) groups is 6. The van der Waals surface area contributed by atoms with Gasteiger partial charge in [-0.15, -0.1) is 0 Å². The van der Waals surface area contributed by atoms with Crippen molar-refractivity contribution in [2.75, 3.05) is 24.6 Å². The van der Waals surface area contributed by atoms with Crippen LogP contribution < -0.4 is 21.3 Å². The summed E-state index contributed by atoms with van der Waals surface area (Å²) in [5, 5.41) is 9.12. The third-order valence-electron chi connectivity index (χ3n) is 11.9. The molecule has 2 aliphatic carbocycles. The molecule has 72 heavy (non-hydrogen) atoms. The van der Waals surface area contributed by atoms with Gasteiger partial charge in [0.25, 0.3) is 20.2 Å². The van der Waals surface area contributed by atoms with Gasteiger partial charge in [0, 0.05) is 25.9 Å². The fraction of sp³-hybridized carbons (Fsp3) is 0.500. The highest BCUT2D eigenvalue weighted by molar-refractivity contribution is 7.86. The average molecular weight is 1040 g/mol. The molecule has 398 valence electrons. The molecule has 4 amide bonds. The summed E-state index contributed by atoms with van der Waals surface area (Å²) in [6.07, 6.45) is 23.4. The number of ketones is 2. The van der Waals surface area contributed by atoms with Gasteiger partial charge in [0.1, 0.15) is 12.1 Å². The van der Waals surface area contributed by atoms with E-state index < -0.39 is 90.9 Å². The van der Waals surface area contributed by atoms with Crippen molar-refractivity contribution >= 4 is 55.8 Å². The van der Waals surface area contributed by atoms with Crippen LogP contribution in [-0.4, -0.2) is 110 Å². The number of amides is 4. The molecule has 2 aliphatic rings. The van der Waals surface area contributed by atoms with E-state index in [2.05, 4.69) is 21.3 Å². The van der Waals surface area contributed by atoms with Crippen LogP contribution in [0.2, 0.25) is 0 Å². The number of Topliss-reactive ketones (excluding diaryl/α,β-unsaturated/α-hetero) is 2. The molecular weight excluding hydrogens is 969 g/mol. The minimum Gasteiger partial charge on any atom is -0.452 e. The number of esters is 2. The molecule has 0 heterocycles. The zero-order valence-electron chi connectivity index (χ0n) is 43.5. The smallest absolute Gasteiger partial charge is 0.329 e. The number of urea groups is 2. The first-order valence-electron chi connectivity index (χ1n) is 23.5. The summed E-state index contributed by atoms with van der Waals surface area (Å²) >= 11 is 0. The molecule has 2 rings (SSSR count). The lowest BCUT2D eigenvalue weighted by Gasteiger charge is -2.38. The van der Waals surface area contributed by atoms with Crippen LogP contribution >= 0.6 is 0 Å². The molecule has 0 aromatic rings. The van der Waals surface area contributed by atoms with E-state index in [0.29, 0.717) is 17.6 Å². The second kappa shape index (κ2) is 27.8. The van der Waals surface area contributed by atoms with Gasteiger partial charge in [0.05, 0.1) is 11.5 Å². The van der Waals surface area contributed by atoms with E-state index in [1.807, 2.05) is 128 Å². The van der Waals surface area contributed by atoms with E-state index in [-0.39, 0.29) is 37.5 Å². The lowest BCUT2D eigenvalue weighted by Crippen LogP contribution is -2.48. The molecule has 0 bridgehead atoms. The molecule has 0 fully saturated rings. The van der Waals surface area contributed by atoms with Crippen molar-refractivity contribution in [1.82, 2.24) is 21.3 Å². The number of hydrogen-bond acceptors (Lipinski definition) is 12. The van der Waals surface area contributed by atoms with E-state index in [1.54, 1.807) is 13.8 Å². The second-order valence-corrected chi connectivity index (χ2v) is 22.5. The van der Waals surface area contributed by atoms with Gasteiger partial charge < -0.3 is 30.7 Å². The number of ether oxygens (including phenoxy) is 2. The highest BCUT2D eigenvalue weighted by Crippen LogP contribution is 2.43. The van der Waals surface area contributed by atoms with Crippen LogP contribution in [-0.2, 0) is 48.9 Å². The van der Waals surface area contributed by atoms with Crippen LogP contribution in [0.25, 0.3) is 0 Å². The zero-order valence-corrected chi connectivity index (χ0v) is 45.1. The molecule has 0 aromatic carbocycles. The highest BCUT2D eigenvalue weighted by Gasteiger charge is 2.42. The second-order valence-electron chi connectivity index (χ2n) is 19.4. The topological polar surface area (TPSA) is 278 Å². The van der Waals surface area contributed by atoms with Crippen LogP contribution in [0, 0.1) is 10.8 Å². The number of carbonyl (C=O) groups excluding carboxylic acids is 6. The fourth-order valence-electron chi connectivity index (χ4n) is 7.79. The van der Waals surface area contributed by atoms with Gasteiger partial charge >= 0.3 is 24.0 Å². The number of nitrogens with one attached hydrogen (secondary N) is 4. The molecular formula is C52H74N4O14S2. The lowest BCUT2D eigenvalue weighted by atomic mass is 9.69. The molecule has 4 atom stereocenters. The molecule has 0 spiro atoms. The zero-order chi connectivity index (χ0) is 54.8. The Labute approximate surface area is 425 Å². The SMILES string of the molecule is CC(C=CC=C(C)C=CC1=C(C)C(=O)C(OC(=O)C(C)NC(=O)NCCS(=O)(=O)O)CC1(C)C)=CC=CC=C(C)C=CC=C(C)CCC1=C(C)C(=O)C(OC(=O)C(C)NC(=O)NCCS(=O)(=O)O)CC1(C)C. The summed E-state index contributed by atoms with van der Waals surface area (Å²) in [6, 6.07) is -3.91. The van der Waals surface area contributed by atoms with Crippen LogP contribution in [0.4, 0.5) is 9.59 Å². The van der Waals surface area contributed by atoms with Crippen molar-refractivity contribution in [3.05, 3.63) is 117 Å². The first-order valence-corrected chi connectivity index (χ1v) is 26.7. The van der Waals surface area contributed by atoms with Gasteiger partial charge in [0.2, 0.25) is 0 Å². The van der Waals surface area contributed by atoms with Crippen LogP contribution in [0.15, 0.2) is 117 Å². The van der Waals surface area contributed by atoms with E-state index >= 15 is 0 Å². The van der Waals surface area contributed by atoms with Crippen molar-refractivity contribution in [2.24, 2.45) is 10.8 Å². The van der Waals surface area contributed by atoms with E-state index in [9.17, 15) is 45.6 Å². The summed E-state index contributed by atoms with van der Waals surface area (Å²) in [7, 11) is -8.53. The van der Waals surface area contributed by atoms with Gasteiger partial charge in [0.15, 0.2) is 23.8 Å². The summed E-state index contributed by atoms with van der Waals surface area (Å²) in [6.45, 7) is 21.3. The summed E-state index contributed by atoms with van der Waals surface area (Å²) in [5.41, 5.74) is 5.96. The Hall–Kier alpha value is -5.96. The molecule has 0 saturated heterocycles. The van der Waals surface area contributed by atoms with Crippen molar-refractivity contribution in [3.63, 3.8) is 0 Å². The first kappa shape index (κ1) is 62.2. The molecule has 0 aromatic heterocycles. The summed E-state index contributed by atoms with van der Waals surface area (Å²) in [4.78, 5) is 76.2. The Kier molecular flexibility index (Phi) is 24.0. The predicted octanol–water partition coefficient (Wildman–Crippen LogP) is 7.38. The van der Waals surface area contributed by atoms with Crippen molar-refractivity contribution in [2.45, 2.75) is 133 Å². The Morgan fingerprint density at radius 2 is 1.04 bits per heavy atom. The van der Waals surface area contributed by atoms with Gasteiger partial charge in [-0.2, -0.15) is 16.8 Å². The Bertz CT molecular complexity index is 2610. The predicted molar refractivity (Wildman–Crippen MR) is 278 cm³/mol. The number of hydrogen-bond donors (Lipinski definition) is 6. The van der Waals surface area contributed by atoms with Gasteiger partial charge in [-0.3, -0.25) is 18.7 Å². The maximum atomic E-state index is 13.3. The van der Waals surface area contributed by atoms with E-state index in [1.165, 1.54) is 13.8 Å². The first-order chi connectivity index (χ1) is 33.2. The fourth-order valence-corrected chi connectivity index (χ4v) is 8.51. The Balaban J connectivity index is 1.93.